The molecule has 2 heteroatoms. The van der Waals surface area contributed by atoms with Crippen LogP contribution < -0.4 is 0 Å². The zero-order chi connectivity index (χ0) is 14.5. The molecule has 0 aliphatic heterocycles. The summed E-state index contributed by atoms with van der Waals surface area (Å²) in [5.41, 5.74) is 2.00. The minimum Gasteiger partial charge on any atom is -0.300 e. The SMILES string of the molecule is CCC1CCC(c2ccc(C(=O)CC(C)=O)cc2)CC1. The summed E-state index contributed by atoms with van der Waals surface area (Å²) in [4.78, 5) is 22.8. The minimum atomic E-state index is -0.0723. The molecule has 20 heavy (non-hydrogen) atoms. The van der Waals surface area contributed by atoms with Crippen molar-refractivity contribution in [3.63, 3.8) is 0 Å². The molecule has 0 saturated heterocycles. The highest BCUT2D eigenvalue weighted by atomic mass is 16.1. The highest BCUT2D eigenvalue weighted by Crippen LogP contribution is 2.36. The molecular weight excluding hydrogens is 248 g/mol. The summed E-state index contributed by atoms with van der Waals surface area (Å²) in [5, 5.41) is 0. The van der Waals surface area contributed by atoms with Gasteiger partial charge in [-0.1, -0.05) is 37.6 Å². The van der Waals surface area contributed by atoms with E-state index >= 15 is 0 Å². The first-order chi connectivity index (χ1) is 9.60. The number of benzene rings is 1. The Labute approximate surface area is 121 Å². The van der Waals surface area contributed by atoms with E-state index in [4.69, 9.17) is 0 Å². The highest BCUT2D eigenvalue weighted by molar-refractivity contribution is 6.07. The Balaban J connectivity index is 1.98. The van der Waals surface area contributed by atoms with Gasteiger partial charge in [0.05, 0.1) is 6.42 Å². The number of carbonyl (C=O) groups excluding carboxylic acids is 2. The van der Waals surface area contributed by atoms with E-state index in [1.54, 1.807) is 0 Å². The van der Waals surface area contributed by atoms with Gasteiger partial charge in [0, 0.05) is 5.56 Å². The topological polar surface area (TPSA) is 34.1 Å². The summed E-state index contributed by atoms with van der Waals surface area (Å²) in [7, 11) is 0. The van der Waals surface area contributed by atoms with Crippen molar-refractivity contribution in [1.29, 1.82) is 0 Å². The van der Waals surface area contributed by atoms with Crippen LogP contribution >= 0.6 is 0 Å². The lowest BCUT2D eigenvalue weighted by molar-refractivity contribution is -0.116. The number of ketones is 2. The van der Waals surface area contributed by atoms with Crippen LogP contribution in [-0.2, 0) is 4.79 Å². The molecule has 1 aromatic rings. The van der Waals surface area contributed by atoms with E-state index in [9.17, 15) is 9.59 Å². The molecule has 2 rings (SSSR count). The third-order valence-corrected chi connectivity index (χ3v) is 4.54. The number of Topliss-reactive ketones (excluding diaryl/α,β-unsaturated/α-hetero) is 2. The Hall–Kier alpha value is -1.44. The minimum absolute atomic E-state index is 0.0148. The molecule has 1 aliphatic rings. The van der Waals surface area contributed by atoms with E-state index < -0.39 is 0 Å². The average Bonchev–Trinajstić information content (AvgIpc) is 2.47. The monoisotopic (exact) mass is 272 g/mol. The van der Waals surface area contributed by atoms with E-state index in [1.807, 2.05) is 12.1 Å². The molecule has 0 N–H and O–H groups in total. The molecular formula is C18H24O2. The summed E-state index contributed by atoms with van der Waals surface area (Å²) in [6, 6.07) is 7.91. The first-order valence-corrected chi connectivity index (χ1v) is 7.72. The van der Waals surface area contributed by atoms with Crippen LogP contribution in [0.15, 0.2) is 24.3 Å². The van der Waals surface area contributed by atoms with Crippen molar-refractivity contribution in [1.82, 2.24) is 0 Å². The molecule has 0 spiro atoms. The molecule has 0 amide bonds. The van der Waals surface area contributed by atoms with Crippen LogP contribution in [0, 0.1) is 5.92 Å². The molecule has 1 aromatic carbocycles. The van der Waals surface area contributed by atoms with Gasteiger partial charge in [-0.05, 0) is 50.0 Å². The van der Waals surface area contributed by atoms with Gasteiger partial charge < -0.3 is 0 Å². The van der Waals surface area contributed by atoms with Crippen LogP contribution in [0.1, 0.15) is 74.2 Å². The lowest BCUT2D eigenvalue weighted by atomic mass is 9.78. The fraction of sp³-hybridized carbons (Fsp3) is 0.556. The van der Waals surface area contributed by atoms with E-state index in [0.717, 1.165) is 5.92 Å². The van der Waals surface area contributed by atoms with Gasteiger partial charge in [-0.15, -0.1) is 0 Å². The van der Waals surface area contributed by atoms with Crippen molar-refractivity contribution in [2.24, 2.45) is 5.92 Å². The summed E-state index contributed by atoms with van der Waals surface area (Å²) in [5.74, 6) is 1.41. The molecule has 0 aromatic heterocycles. The maximum Gasteiger partial charge on any atom is 0.170 e. The Morgan fingerprint density at radius 2 is 1.65 bits per heavy atom. The van der Waals surface area contributed by atoms with Gasteiger partial charge in [0.25, 0.3) is 0 Å². The predicted molar refractivity (Wildman–Crippen MR) is 81.1 cm³/mol. The second-order valence-electron chi connectivity index (χ2n) is 6.05. The Morgan fingerprint density at radius 3 is 2.15 bits per heavy atom. The van der Waals surface area contributed by atoms with Gasteiger partial charge in [-0.2, -0.15) is 0 Å². The van der Waals surface area contributed by atoms with Crippen molar-refractivity contribution in [3.05, 3.63) is 35.4 Å². The van der Waals surface area contributed by atoms with Crippen LogP contribution in [0.5, 0.6) is 0 Å². The van der Waals surface area contributed by atoms with E-state index in [0.29, 0.717) is 11.5 Å². The van der Waals surface area contributed by atoms with Crippen molar-refractivity contribution >= 4 is 11.6 Å². The van der Waals surface area contributed by atoms with Gasteiger partial charge >= 0.3 is 0 Å². The Morgan fingerprint density at radius 1 is 1.05 bits per heavy atom. The summed E-state index contributed by atoms with van der Waals surface area (Å²) >= 11 is 0. The van der Waals surface area contributed by atoms with Crippen molar-refractivity contribution in [3.8, 4) is 0 Å². The molecule has 1 aliphatic carbocycles. The lowest BCUT2D eigenvalue weighted by Gasteiger charge is -2.28. The molecule has 0 unspecified atom stereocenters. The molecule has 1 fully saturated rings. The fourth-order valence-electron chi connectivity index (χ4n) is 3.17. The van der Waals surface area contributed by atoms with Crippen LogP contribution in [0.3, 0.4) is 0 Å². The Bertz CT molecular complexity index is 465. The average molecular weight is 272 g/mol. The molecule has 2 nitrogen and oxygen atoms in total. The van der Waals surface area contributed by atoms with E-state index in [1.165, 1.54) is 44.6 Å². The fourth-order valence-corrected chi connectivity index (χ4v) is 3.17. The first kappa shape index (κ1) is 15.0. The number of hydrogen-bond acceptors (Lipinski definition) is 2. The second-order valence-corrected chi connectivity index (χ2v) is 6.05. The Kier molecular flexibility index (Phi) is 5.11. The van der Waals surface area contributed by atoms with E-state index in [-0.39, 0.29) is 18.0 Å². The summed E-state index contributed by atoms with van der Waals surface area (Å²) in [6.07, 6.45) is 6.49. The number of carbonyl (C=O) groups is 2. The van der Waals surface area contributed by atoms with Gasteiger partial charge in [-0.3, -0.25) is 9.59 Å². The highest BCUT2D eigenvalue weighted by Gasteiger charge is 2.21. The van der Waals surface area contributed by atoms with Crippen LogP contribution in [0.4, 0.5) is 0 Å². The van der Waals surface area contributed by atoms with Crippen LogP contribution in [0.2, 0.25) is 0 Å². The van der Waals surface area contributed by atoms with Gasteiger partial charge in [0.15, 0.2) is 5.78 Å². The zero-order valence-corrected chi connectivity index (χ0v) is 12.5. The first-order valence-electron chi connectivity index (χ1n) is 7.72. The summed E-state index contributed by atoms with van der Waals surface area (Å²) < 4.78 is 0. The lowest BCUT2D eigenvalue weighted by Crippen LogP contribution is -2.12. The molecule has 1 saturated carbocycles. The molecule has 108 valence electrons. The molecule has 0 radical (unpaired) electrons. The third kappa shape index (κ3) is 3.78. The maximum absolute atomic E-state index is 11.8. The van der Waals surface area contributed by atoms with E-state index in [2.05, 4.69) is 19.1 Å². The van der Waals surface area contributed by atoms with Crippen molar-refractivity contribution < 1.29 is 9.59 Å². The summed E-state index contributed by atoms with van der Waals surface area (Å²) in [6.45, 7) is 3.73. The smallest absolute Gasteiger partial charge is 0.170 e. The predicted octanol–water partition coefficient (Wildman–Crippen LogP) is 4.53. The largest absolute Gasteiger partial charge is 0.300 e. The van der Waals surface area contributed by atoms with Crippen molar-refractivity contribution in [2.75, 3.05) is 0 Å². The molecule has 0 atom stereocenters. The van der Waals surface area contributed by atoms with Crippen molar-refractivity contribution in [2.45, 2.75) is 58.3 Å². The van der Waals surface area contributed by atoms with Crippen LogP contribution in [0.25, 0.3) is 0 Å². The maximum atomic E-state index is 11.8. The van der Waals surface area contributed by atoms with Gasteiger partial charge in [0.1, 0.15) is 5.78 Å². The standard InChI is InChI=1S/C18H24O2/c1-3-14-4-6-15(7-5-14)16-8-10-17(11-9-16)18(20)12-13(2)19/h8-11,14-15H,3-7,12H2,1-2H3. The second kappa shape index (κ2) is 6.83. The number of rotatable bonds is 5. The van der Waals surface area contributed by atoms with Gasteiger partial charge in [0.2, 0.25) is 0 Å². The van der Waals surface area contributed by atoms with Gasteiger partial charge in [-0.25, -0.2) is 0 Å². The molecule has 0 bridgehead atoms. The molecule has 0 heterocycles. The normalized spacial score (nSPS) is 22.5. The number of hydrogen-bond donors (Lipinski definition) is 0. The zero-order valence-electron chi connectivity index (χ0n) is 12.5. The third-order valence-electron chi connectivity index (χ3n) is 4.54. The van der Waals surface area contributed by atoms with Crippen LogP contribution in [-0.4, -0.2) is 11.6 Å². The quantitative estimate of drug-likeness (QED) is 0.583.